The Balaban J connectivity index is 1.88. The molecular weight excluding hydrogens is 260 g/mol. The second-order valence-corrected chi connectivity index (χ2v) is 6.21. The monoisotopic (exact) mass is 284 g/mol. The Morgan fingerprint density at radius 2 is 2.14 bits per heavy atom. The first-order valence-electron chi connectivity index (χ1n) is 8.13. The Morgan fingerprint density at radius 1 is 1.33 bits per heavy atom. The Bertz CT molecular complexity index is 657. The lowest BCUT2D eigenvalue weighted by Gasteiger charge is -2.13. The molecule has 1 aliphatic rings. The van der Waals surface area contributed by atoms with Crippen molar-refractivity contribution in [1.82, 2.24) is 10.3 Å². The Kier molecular flexibility index (Phi) is 4.00. The first-order valence-corrected chi connectivity index (χ1v) is 8.13. The number of aryl methyl sites for hydroxylation is 2. The summed E-state index contributed by atoms with van der Waals surface area (Å²) in [5, 5.41) is 4.32. The fourth-order valence-corrected chi connectivity index (χ4v) is 3.36. The highest BCUT2D eigenvalue weighted by atomic mass is 16.1. The number of H-pyrrole nitrogens is 1. The molecule has 1 atom stereocenters. The predicted octanol–water partition coefficient (Wildman–Crippen LogP) is 3.97. The second-order valence-electron chi connectivity index (χ2n) is 6.21. The number of aromatic nitrogens is 1. The van der Waals surface area contributed by atoms with Gasteiger partial charge in [0.25, 0.3) is 5.91 Å². The number of amides is 1. The summed E-state index contributed by atoms with van der Waals surface area (Å²) < 4.78 is 0. The van der Waals surface area contributed by atoms with Crippen LogP contribution in [0, 0.1) is 0 Å². The average Bonchev–Trinajstić information content (AvgIpc) is 2.85. The van der Waals surface area contributed by atoms with Gasteiger partial charge in [-0.2, -0.15) is 0 Å². The highest BCUT2D eigenvalue weighted by Crippen LogP contribution is 2.29. The van der Waals surface area contributed by atoms with E-state index in [9.17, 15) is 4.79 Å². The summed E-state index contributed by atoms with van der Waals surface area (Å²) in [5.74, 6) is 0.0450. The average molecular weight is 284 g/mol. The maximum atomic E-state index is 12.3. The molecule has 112 valence electrons. The molecule has 0 bridgehead atoms. The van der Waals surface area contributed by atoms with Gasteiger partial charge in [-0.3, -0.25) is 4.79 Å². The van der Waals surface area contributed by atoms with Crippen molar-refractivity contribution in [3.05, 3.63) is 35.0 Å². The van der Waals surface area contributed by atoms with E-state index in [4.69, 9.17) is 0 Å². The molecule has 21 heavy (non-hydrogen) atoms. The molecule has 2 N–H and O–H groups in total. The van der Waals surface area contributed by atoms with Crippen molar-refractivity contribution in [3.8, 4) is 0 Å². The molecule has 1 aliphatic carbocycles. The lowest BCUT2D eigenvalue weighted by Crippen LogP contribution is -2.32. The van der Waals surface area contributed by atoms with Gasteiger partial charge in [0.15, 0.2) is 0 Å². The van der Waals surface area contributed by atoms with Gasteiger partial charge in [-0.25, -0.2) is 0 Å². The van der Waals surface area contributed by atoms with E-state index in [-0.39, 0.29) is 11.9 Å². The van der Waals surface area contributed by atoms with Crippen LogP contribution in [0.2, 0.25) is 0 Å². The van der Waals surface area contributed by atoms with Crippen LogP contribution in [-0.2, 0) is 12.8 Å². The van der Waals surface area contributed by atoms with Gasteiger partial charge in [0.05, 0.1) is 0 Å². The standard InChI is InChI=1S/C18H24N2O/c1-3-6-12(2)19-18(21)13-9-10-17-15(11-13)14-7-4-5-8-16(14)20-17/h9-12,20H,3-8H2,1-2H3,(H,19,21). The second kappa shape index (κ2) is 5.92. The molecule has 0 fully saturated rings. The minimum absolute atomic E-state index is 0.0450. The summed E-state index contributed by atoms with van der Waals surface area (Å²) >= 11 is 0. The molecule has 1 aromatic carbocycles. The van der Waals surface area contributed by atoms with Crippen molar-refractivity contribution in [1.29, 1.82) is 0 Å². The Labute approximate surface area is 126 Å². The normalized spacial score (nSPS) is 15.7. The van der Waals surface area contributed by atoms with E-state index in [0.717, 1.165) is 31.2 Å². The summed E-state index contributed by atoms with van der Waals surface area (Å²) in [6.45, 7) is 4.21. The molecule has 0 saturated heterocycles. The molecule has 3 heteroatoms. The molecule has 0 spiro atoms. The highest BCUT2D eigenvalue weighted by molar-refractivity contribution is 5.99. The predicted molar refractivity (Wildman–Crippen MR) is 86.8 cm³/mol. The molecule has 3 rings (SSSR count). The molecule has 1 amide bonds. The summed E-state index contributed by atoms with van der Waals surface area (Å²) in [5.41, 5.74) is 4.73. The van der Waals surface area contributed by atoms with Gasteiger partial charge in [-0.1, -0.05) is 13.3 Å². The molecule has 1 unspecified atom stereocenters. The molecular formula is C18H24N2O. The number of hydrogen-bond acceptors (Lipinski definition) is 1. The smallest absolute Gasteiger partial charge is 0.251 e. The zero-order valence-electron chi connectivity index (χ0n) is 13.0. The summed E-state index contributed by atoms with van der Waals surface area (Å²) in [4.78, 5) is 15.9. The van der Waals surface area contributed by atoms with Crippen LogP contribution in [0.3, 0.4) is 0 Å². The lowest BCUT2D eigenvalue weighted by atomic mass is 9.95. The number of fused-ring (bicyclic) bond motifs is 3. The van der Waals surface area contributed by atoms with E-state index >= 15 is 0 Å². The third-order valence-electron chi connectivity index (χ3n) is 4.46. The molecule has 0 radical (unpaired) electrons. The van der Waals surface area contributed by atoms with Crippen LogP contribution in [0.1, 0.15) is 61.1 Å². The van der Waals surface area contributed by atoms with Gasteiger partial charge < -0.3 is 10.3 Å². The van der Waals surface area contributed by atoms with Crippen LogP contribution in [0.4, 0.5) is 0 Å². The quantitative estimate of drug-likeness (QED) is 0.877. The van der Waals surface area contributed by atoms with Crippen LogP contribution in [0.15, 0.2) is 18.2 Å². The summed E-state index contributed by atoms with van der Waals surface area (Å²) in [7, 11) is 0. The van der Waals surface area contributed by atoms with Crippen molar-refractivity contribution in [3.63, 3.8) is 0 Å². The van der Waals surface area contributed by atoms with E-state index in [2.05, 4.69) is 30.2 Å². The Morgan fingerprint density at radius 3 is 2.95 bits per heavy atom. The van der Waals surface area contributed by atoms with E-state index in [1.165, 1.54) is 35.0 Å². The fourth-order valence-electron chi connectivity index (χ4n) is 3.36. The van der Waals surface area contributed by atoms with Crippen molar-refractivity contribution >= 4 is 16.8 Å². The number of carbonyl (C=O) groups is 1. The number of nitrogens with one attached hydrogen (secondary N) is 2. The van der Waals surface area contributed by atoms with Gasteiger partial charge in [0.1, 0.15) is 0 Å². The fraction of sp³-hybridized carbons (Fsp3) is 0.500. The van der Waals surface area contributed by atoms with E-state index in [1.807, 2.05) is 12.1 Å². The number of rotatable bonds is 4. The molecule has 3 nitrogen and oxygen atoms in total. The first kappa shape index (κ1) is 14.2. The van der Waals surface area contributed by atoms with E-state index in [0.29, 0.717) is 0 Å². The number of benzene rings is 1. The Hall–Kier alpha value is -1.77. The zero-order valence-corrected chi connectivity index (χ0v) is 13.0. The van der Waals surface area contributed by atoms with Crippen LogP contribution < -0.4 is 5.32 Å². The first-order chi connectivity index (χ1) is 10.2. The van der Waals surface area contributed by atoms with Gasteiger partial charge >= 0.3 is 0 Å². The van der Waals surface area contributed by atoms with Crippen LogP contribution in [-0.4, -0.2) is 16.9 Å². The van der Waals surface area contributed by atoms with E-state index < -0.39 is 0 Å². The molecule has 2 aromatic rings. The van der Waals surface area contributed by atoms with Crippen LogP contribution in [0.5, 0.6) is 0 Å². The minimum Gasteiger partial charge on any atom is -0.358 e. The third kappa shape index (κ3) is 2.82. The minimum atomic E-state index is 0.0450. The lowest BCUT2D eigenvalue weighted by molar-refractivity contribution is 0.0938. The van der Waals surface area contributed by atoms with Gasteiger partial charge in [-0.15, -0.1) is 0 Å². The maximum absolute atomic E-state index is 12.3. The van der Waals surface area contributed by atoms with Crippen molar-refractivity contribution < 1.29 is 4.79 Å². The largest absolute Gasteiger partial charge is 0.358 e. The third-order valence-corrected chi connectivity index (χ3v) is 4.46. The van der Waals surface area contributed by atoms with Crippen LogP contribution >= 0.6 is 0 Å². The van der Waals surface area contributed by atoms with Gasteiger partial charge in [0, 0.05) is 28.2 Å². The van der Waals surface area contributed by atoms with Crippen LogP contribution in [0.25, 0.3) is 10.9 Å². The topological polar surface area (TPSA) is 44.9 Å². The molecule has 1 heterocycles. The SMILES string of the molecule is CCCC(C)NC(=O)c1ccc2[nH]c3c(c2c1)CCCC3. The highest BCUT2D eigenvalue weighted by Gasteiger charge is 2.17. The zero-order chi connectivity index (χ0) is 14.8. The molecule has 1 aromatic heterocycles. The van der Waals surface area contributed by atoms with Crippen molar-refractivity contribution in [2.45, 2.75) is 58.4 Å². The summed E-state index contributed by atoms with van der Waals surface area (Å²) in [6.07, 6.45) is 6.90. The maximum Gasteiger partial charge on any atom is 0.251 e. The van der Waals surface area contributed by atoms with Gasteiger partial charge in [-0.05, 0) is 62.8 Å². The summed E-state index contributed by atoms with van der Waals surface area (Å²) in [6, 6.07) is 6.27. The van der Waals surface area contributed by atoms with Crippen molar-refractivity contribution in [2.24, 2.45) is 0 Å². The molecule has 0 aliphatic heterocycles. The van der Waals surface area contributed by atoms with Gasteiger partial charge in [0.2, 0.25) is 0 Å². The number of aromatic amines is 1. The number of carbonyl (C=O) groups excluding carboxylic acids is 1. The van der Waals surface area contributed by atoms with Crippen molar-refractivity contribution in [2.75, 3.05) is 0 Å². The van der Waals surface area contributed by atoms with E-state index in [1.54, 1.807) is 0 Å². The molecule has 0 saturated carbocycles. The number of hydrogen-bond donors (Lipinski definition) is 2.